The molecule has 5 nitrogen and oxygen atoms in total. The van der Waals surface area contributed by atoms with Crippen molar-refractivity contribution in [1.82, 2.24) is 4.57 Å². The highest BCUT2D eigenvalue weighted by molar-refractivity contribution is 6.03. The number of nitroso groups, excluding NO2 is 1. The Bertz CT molecular complexity index is 614. The molecule has 0 amide bonds. The summed E-state index contributed by atoms with van der Waals surface area (Å²) in [5.41, 5.74) is 0.274. The van der Waals surface area contributed by atoms with Crippen molar-refractivity contribution in [2.24, 2.45) is 5.18 Å². The molecule has 0 fully saturated rings. The Hall–Kier alpha value is -2.17. The van der Waals surface area contributed by atoms with E-state index in [1.54, 1.807) is 36.7 Å². The molecule has 0 aliphatic heterocycles. The average molecular weight is 246 g/mol. The maximum Gasteiger partial charge on any atom is 0.337 e. The maximum absolute atomic E-state index is 11.2. The molecule has 0 saturated heterocycles. The van der Waals surface area contributed by atoms with E-state index in [2.05, 4.69) is 5.18 Å². The van der Waals surface area contributed by atoms with Crippen LogP contribution >= 0.6 is 0 Å². The van der Waals surface area contributed by atoms with Gasteiger partial charge in [-0.25, -0.2) is 4.79 Å². The second kappa shape index (κ2) is 4.25. The molecule has 0 saturated carbocycles. The number of aromatic carboxylic acids is 1. The van der Waals surface area contributed by atoms with Gasteiger partial charge in [-0.05, 0) is 19.9 Å². The second-order valence-electron chi connectivity index (χ2n) is 4.90. The molecular formula is C13H14N2O3. The summed E-state index contributed by atoms with van der Waals surface area (Å²) >= 11 is 0. The van der Waals surface area contributed by atoms with Crippen molar-refractivity contribution in [1.29, 1.82) is 0 Å². The zero-order valence-electron chi connectivity index (χ0n) is 10.3. The fourth-order valence-corrected chi connectivity index (χ4v) is 1.99. The van der Waals surface area contributed by atoms with Crippen LogP contribution in [0.3, 0.4) is 0 Å². The van der Waals surface area contributed by atoms with Gasteiger partial charge in [-0.3, -0.25) is 0 Å². The van der Waals surface area contributed by atoms with Gasteiger partial charge in [0.05, 0.1) is 12.1 Å². The quantitative estimate of drug-likeness (QED) is 0.843. The van der Waals surface area contributed by atoms with Crippen LogP contribution in [0.15, 0.2) is 35.6 Å². The van der Waals surface area contributed by atoms with Crippen LogP contribution in [-0.4, -0.2) is 21.2 Å². The molecule has 0 aliphatic rings. The third kappa shape index (κ3) is 2.11. The van der Waals surface area contributed by atoms with Gasteiger partial charge in [0.2, 0.25) is 0 Å². The van der Waals surface area contributed by atoms with E-state index in [9.17, 15) is 9.70 Å². The second-order valence-corrected chi connectivity index (χ2v) is 4.90. The Kier molecular flexibility index (Phi) is 2.90. The first-order chi connectivity index (χ1) is 8.44. The van der Waals surface area contributed by atoms with Crippen LogP contribution in [0, 0.1) is 4.91 Å². The van der Waals surface area contributed by atoms with Crippen molar-refractivity contribution in [3.63, 3.8) is 0 Å². The summed E-state index contributed by atoms with van der Waals surface area (Å²) in [5.74, 6) is -0.971. The van der Waals surface area contributed by atoms with Crippen LogP contribution in [0.1, 0.15) is 24.2 Å². The van der Waals surface area contributed by atoms with Crippen LogP contribution in [0.4, 0.5) is 0 Å². The first-order valence-electron chi connectivity index (χ1n) is 5.60. The minimum Gasteiger partial charge on any atom is -0.478 e. The standard InChI is InChI=1S/C13H14N2O3/c1-13(2,14-18)8-15-7-10(12(16)17)9-5-3-4-6-11(9)15/h3-7H,8H2,1-2H3,(H,16,17). The third-order valence-electron chi connectivity index (χ3n) is 2.82. The summed E-state index contributed by atoms with van der Waals surface area (Å²) in [7, 11) is 0. The van der Waals surface area contributed by atoms with Crippen molar-refractivity contribution in [3.8, 4) is 0 Å². The van der Waals surface area contributed by atoms with Crippen molar-refractivity contribution >= 4 is 16.9 Å². The molecule has 2 aromatic rings. The molecule has 2 rings (SSSR count). The number of hydrogen-bond acceptors (Lipinski definition) is 3. The van der Waals surface area contributed by atoms with Gasteiger partial charge in [0.15, 0.2) is 0 Å². The number of fused-ring (bicyclic) bond motifs is 1. The number of carbonyl (C=O) groups is 1. The van der Waals surface area contributed by atoms with Gasteiger partial charge in [-0.1, -0.05) is 23.4 Å². The Balaban J connectivity index is 2.58. The van der Waals surface area contributed by atoms with Crippen LogP contribution < -0.4 is 0 Å². The van der Waals surface area contributed by atoms with E-state index >= 15 is 0 Å². The Morgan fingerprint density at radius 3 is 2.67 bits per heavy atom. The normalized spacial score (nSPS) is 11.7. The molecule has 0 aliphatic carbocycles. The predicted octanol–water partition coefficient (Wildman–Crippen LogP) is 2.88. The lowest BCUT2D eigenvalue weighted by atomic mass is 10.1. The molecule has 5 heteroatoms. The molecule has 0 radical (unpaired) electrons. The zero-order valence-corrected chi connectivity index (χ0v) is 10.3. The van der Waals surface area contributed by atoms with Crippen LogP contribution in [-0.2, 0) is 6.54 Å². The summed E-state index contributed by atoms with van der Waals surface area (Å²) in [6.45, 7) is 3.79. The Morgan fingerprint density at radius 1 is 1.39 bits per heavy atom. The monoisotopic (exact) mass is 246 g/mol. The van der Waals surface area contributed by atoms with Gasteiger partial charge in [0.25, 0.3) is 0 Å². The van der Waals surface area contributed by atoms with Gasteiger partial charge in [0, 0.05) is 17.1 Å². The lowest BCUT2D eigenvalue weighted by Crippen LogP contribution is -2.23. The van der Waals surface area contributed by atoms with Crippen LogP contribution in [0.2, 0.25) is 0 Å². The van der Waals surface area contributed by atoms with E-state index in [1.165, 1.54) is 0 Å². The number of carboxylic acids is 1. The number of para-hydroxylation sites is 1. The molecule has 1 N–H and O–H groups in total. The number of rotatable bonds is 4. The van der Waals surface area contributed by atoms with Gasteiger partial charge >= 0.3 is 5.97 Å². The number of carboxylic acid groups (broad SMARTS) is 1. The van der Waals surface area contributed by atoms with Crippen LogP contribution in [0.25, 0.3) is 10.9 Å². The minimum absolute atomic E-state index is 0.243. The van der Waals surface area contributed by atoms with E-state index in [1.807, 2.05) is 12.1 Å². The molecule has 0 bridgehead atoms. The van der Waals surface area contributed by atoms with Gasteiger partial charge in [0.1, 0.15) is 5.54 Å². The van der Waals surface area contributed by atoms with Gasteiger partial charge < -0.3 is 9.67 Å². The van der Waals surface area contributed by atoms with Gasteiger partial charge in [-0.2, -0.15) is 4.91 Å². The number of hydrogen-bond donors (Lipinski definition) is 1. The molecule has 1 aromatic carbocycles. The molecule has 0 unspecified atom stereocenters. The fourth-order valence-electron chi connectivity index (χ4n) is 1.99. The fraction of sp³-hybridized carbons (Fsp3) is 0.308. The average Bonchev–Trinajstić information content (AvgIpc) is 2.68. The summed E-state index contributed by atoms with van der Waals surface area (Å²) in [4.78, 5) is 21.9. The highest BCUT2D eigenvalue weighted by atomic mass is 16.4. The number of aromatic nitrogens is 1. The molecule has 0 spiro atoms. The van der Waals surface area contributed by atoms with E-state index in [4.69, 9.17) is 5.11 Å². The topological polar surface area (TPSA) is 71.7 Å². The largest absolute Gasteiger partial charge is 0.478 e. The molecular weight excluding hydrogens is 232 g/mol. The molecule has 1 heterocycles. The summed E-state index contributed by atoms with van der Waals surface area (Å²) in [5, 5.41) is 12.9. The maximum atomic E-state index is 11.2. The summed E-state index contributed by atoms with van der Waals surface area (Å²) in [6.07, 6.45) is 1.56. The van der Waals surface area contributed by atoms with Crippen molar-refractivity contribution < 1.29 is 9.90 Å². The lowest BCUT2D eigenvalue weighted by Gasteiger charge is -2.16. The predicted molar refractivity (Wildman–Crippen MR) is 68.8 cm³/mol. The number of benzene rings is 1. The van der Waals surface area contributed by atoms with Gasteiger partial charge in [-0.15, -0.1) is 0 Å². The summed E-state index contributed by atoms with van der Waals surface area (Å²) < 4.78 is 1.76. The SMILES string of the molecule is CC(C)(Cn1cc(C(=O)O)c2ccccc21)N=O. The Morgan fingerprint density at radius 2 is 2.06 bits per heavy atom. The zero-order chi connectivity index (χ0) is 13.3. The molecule has 94 valence electrons. The lowest BCUT2D eigenvalue weighted by molar-refractivity contribution is 0.0698. The van der Waals surface area contributed by atoms with E-state index in [0.29, 0.717) is 11.9 Å². The number of nitrogens with zero attached hydrogens (tertiary/aromatic N) is 2. The van der Waals surface area contributed by atoms with E-state index in [-0.39, 0.29) is 5.56 Å². The van der Waals surface area contributed by atoms with Crippen molar-refractivity contribution in [3.05, 3.63) is 40.9 Å². The van der Waals surface area contributed by atoms with Crippen LogP contribution in [0.5, 0.6) is 0 Å². The minimum atomic E-state index is -0.971. The van der Waals surface area contributed by atoms with E-state index in [0.717, 1.165) is 5.52 Å². The first-order valence-corrected chi connectivity index (χ1v) is 5.60. The highest BCUT2D eigenvalue weighted by Gasteiger charge is 2.22. The Labute approximate surface area is 104 Å². The molecule has 18 heavy (non-hydrogen) atoms. The van der Waals surface area contributed by atoms with Crippen molar-refractivity contribution in [2.45, 2.75) is 25.9 Å². The third-order valence-corrected chi connectivity index (χ3v) is 2.82. The highest BCUT2D eigenvalue weighted by Crippen LogP contribution is 2.24. The first kappa shape index (κ1) is 12.3. The molecule has 1 aromatic heterocycles. The summed E-state index contributed by atoms with van der Waals surface area (Å²) in [6, 6.07) is 7.23. The van der Waals surface area contributed by atoms with Crippen molar-refractivity contribution in [2.75, 3.05) is 0 Å². The smallest absolute Gasteiger partial charge is 0.337 e. The van der Waals surface area contributed by atoms with E-state index < -0.39 is 11.5 Å². The molecule has 0 atom stereocenters.